The van der Waals surface area contributed by atoms with Gasteiger partial charge in [0.15, 0.2) is 5.82 Å². The number of benzene rings is 2. The first-order valence-electron chi connectivity index (χ1n) is 10.5. The number of para-hydroxylation sites is 1. The largest absolute Gasteiger partial charge is 0.382 e. The first kappa shape index (κ1) is 18.6. The Labute approximate surface area is 175 Å². The van der Waals surface area contributed by atoms with Gasteiger partial charge in [0, 0.05) is 24.4 Å². The van der Waals surface area contributed by atoms with Gasteiger partial charge in [0.25, 0.3) is 0 Å². The molecule has 6 heteroatoms. The number of hydrogen-bond acceptors (Lipinski definition) is 4. The Balaban J connectivity index is 1.15. The summed E-state index contributed by atoms with van der Waals surface area (Å²) in [5.41, 5.74) is 10.0. The number of carbonyl (C=O) groups excluding carboxylic acids is 1. The summed E-state index contributed by atoms with van der Waals surface area (Å²) in [6, 6.07) is 18.3. The minimum atomic E-state index is 0.131. The summed E-state index contributed by atoms with van der Waals surface area (Å²) in [6.07, 6.45) is 4.67. The van der Waals surface area contributed by atoms with Crippen LogP contribution in [0.5, 0.6) is 0 Å². The normalized spacial score (nSPS) is 18.0. The van der Waals surface area contributed by atoms with Crippen LogP contribution in [0.4, 0.5) is 5.82 Å². The van der Waals surface area contributed by atoms with Crippen molar-refractivity contribution in [3.8, 4) is 0 Å². The smallest absolute Gasteiger partial charge is 0.223 e. The summed E-state index contributed by atoms with van der Waals surface area (Å²) in [5.74, 6) is 1.16. The van der Waals surface area contributed by atoms with E-state index in [0.29, 0.717) is 18.3 Å². The van der Waals surface area contributed by atoms with Crippen LogP contribution < -0.4 is 11.1 Å². The second-order valence-corrected chi connectivity index (χ2v) is 8.01. The van der Waals surface area contributed by atoms with Gasteiger partial charge < -0.3 is 15.6 Å². The lowest BCUT2D eigenvalue weighted by Crippen LogP contribution is -2.26. The first-order valence-corrected chi connectivity index (χ1v) is 10.5. The van der Waals surface area contributed by atoms with Crippen molar-refractivity contribution < 1.29 is 4.79 Å². The maximum Gasteiger partial charge on any atom is 0.223 e. The number of rotatable bonds is 7. The molecule has 2 atom stereocenters. The molecule has 1 saturated carbocycles. The molecule has 0 saturated heterocycles. The SMILES string of the molecule is Nc1nc2ccccc2c2c1ncn2CCCCNC(=O)[C@@H]1C[C@H]1c1ccccc1. The van der Waals surface area contributed by atoms with Gasteiger partial charge in [-0.25, -0.2) is 9.97 Å². The third-order valence-electron chi connectivity index (χ3n) is 5.96. The van der Waals surface area contributed by atoms with Gasteiger partial charge in [0.05, 0.1) is 17.4 Å². The fourth-order valence-electron chi connectivity index (χ4n) is 4.28. The number of aryl methyl sites for hydroxylation is 1. The lowest BCUT2D eigenvalue weighted by molar-refractivity contribution is -0.122. The third-order valence-corrected chi connectivity index (χ3v) is 5.96. The molecule has 2 aromatic heterocycles. The summed E-state index contributed by atoms with van der Waals surface area (Å²) in [7, 11) is 0. The second-order valence-electron chi connectivity index (χ2n) is 8.01. The molecule has 1 aliphatic carbocycles. The molecular weight excluding hydrogens is 374 g/mol. The average molecular weight is 399 g/mol. The fourth-order valence-corrected chi connectivity index (χ4v) is 4.28. The zero-order valence-electron chi connectivity index (χ0n) is 16.8. The van der Waals surface area contributed by atoms with Crippen LogP contribution in [0, 0.1) is 5.92 Å². The monoisotopic (exact) mass is 399 g/mol. The van der Waals surface area contributed by atoms with Gasteiger partial charge in [-0.2, -0.15) is 0 Å². The minimum absolute atomic E-state index is 0.131. The second kappa shape index (κ2) is 7.78. The third kappa shape index (κ3) is 3.49. The van der Waals surface area contributed by atoms with E-state index < -0.39 is 0 Å². The van der Waals surface area contributed by atoms with E-state index >= 15 is 0 Å². The number of nitrogens with one attached hydrogen (secondary N) is 1. The van der Waals surface area contributed by atoms with Crippen LogP contribution in [0.1, 0.15) is 30.7 Å². The Morgan fingerprint density at radius 1 is 1.10 bits per heavy atom. The number of aromatic nitrogens is 3. The van der Waals surface area contributed by atoms with E-state index in [1.54, 1.807) is 0 Å². The number of anilines is 1. The van der Waals surface area contributed by atoms with E-state index in [1.165, 1.54) is 5.56 Å². The van der Waals surface area contributed by atoms with Gasteiger partial charge in [-0.3, -0.25) is 4.79 Å². The van der Waals surface area contributed by atoms with Crippen LogP contribution in [0.25, 0.3) is 21.9 Å². The van der Waals surface area contributed by atoms with E-state index in [-0.39, 0.29) is 11.8 Å². The molecule has 0 bridgehead atoms. The maximum absolute atomic E-state index is 12.4. The van der Waals surface area contributed by atoms with Gasteiger partial charge in [0.1, 0.15) is 5.52 Å². The quantitative estimate of drug-likeness (QED) is 0.462. The Morgan fingerprint density at radius 3 is 2.77 bits per heavy atom. The first-order chi connectivity index (χ1) is 14.7. The number of nitrogen functional groups attached to an aromatic ring is 1. The van der Waals surface area contributed by atoms with Crippen molar-refractivity contribution in [3.63, 3.8) is 0 Å². The summed E-state index contributed by atoms with van der Waals surface area (Å²) < 4.78 is 2.14. The fraction of sp³-hybridized carbons (Fsp3) is 0.292. The molecule has 152 valence electrons. The van der Waals surface area contributed by atoms with Gasteiger partial charge in [0.2, 0.25) is 5.91 Å². The predicted molar refractivity (Wildman–Crippen MR) is 119 cm³/mol. The lowest BCUT2D eigenvalue weighted by Gasteiger charge is -2.08. The number of amides is 1. The van der Waals surface area contributed by atoms with Crippen LogP contribution in [0.15, 0.2) is 60.9 Å². The molecule has 4 aromatic rings. The zero-order valence-corrected chi connectivity index (χ0v) is 16.8. The number of hydrogen-bond donors (Lipinski definition) is 2. The molecule has 5 rings (SSSR count). The van der Waals surface area contributed by atoms with Crippen molar-refractivity contribution in [1.29, 1.82) is 0 Å². The number of fused-ring (bicyclic) bond motifs is 3. The molecule has 1 fully saturated rings. The van der Waals surface area contributed by atoms with Crippen molar-refractivity contribution in [2.24, 2.45) is 5.92 Å². The number of imidazole rings is 1. The minimum Gasteiger partial charge on any atom is -0.382 e. The summed E-state index contributed by atoms with van der Waals surface area (Å²) in [4.78, 5) is 21.3. The van der Waals surface area contributed by atoms with E-state index in [4.69, 9.17) is 5.73 Å². The summed E-state index contributed by atoms with van der Waals surface area (Å²) >= 11 is 0. The lowest BCUT2D eigenvalue weighted by atomic mass is 10.1. The van der Waals surface area contributed by atoms with Crippen LogP contribution in [-0.2, 0) is 11.3 Å². The highest BCUT2D eigenvalue weighted by Crippen LogP contribution is 2.47. The van der Waals surface area contributed by atoms with Gasteiger partial charge in [-0.15, -0.1) is 0 Å². The number of pyridine rings is 1. The van der Waals surface area contributed by atoms with Crippen molar-refractivity contribution in [3.05, 3.63) is 66.5 Å². The molecule has 6 nitrogen and oxygen atoms in total. The van der Waals surface area contributed by atoms with Crippen molar-refractivity contribution in [1.82, 2.24) is 19.9 Å². The maximum atomic E-state index is 12.4. The molecule has 3 N–H and O–H groups in total. The van der Waals surface area contributed by atoms with E-state index in [2.05, 4.69) is 38.1 Å². The predicted octanol–water partition coefficient (Wildman–Crippen LogP) is 3.87. The van der Waals surface area contributed by atoms with Crippen molar-refractivity contribution >= 4 is 33.7 Å². The number of nitrogens with two attached hydrogens (primary N) is 1. The van der Waals surface area contributed by atoms with Crippen molar-refractivity contribution in [2.45, 2.75) is 31.7 Å². The molecule has 1 aliphatic rings. The summed E-state index contributed by atoms with van der Waals surface area (Å²) in [5, 5.41) is 4.17. The van der Waals surface area contributed by atoms with Crippen LogP contribution in [-0.4, -0.2) is 27.0 Å². The molecule has 0 radical (unpaired) electrons. The average Bonchev–Trinajstić information content (AvgIpc) is 3.47. The highest BCUT2D eigenvalue weighted by molar-refractivity contribution is 6.06. The van der Waals surface area contributed by atoms with Crippen LogP contribution in [0.2, 0.25) is 0 Å². The molecule has 2 heterocycles. The Kier molecular flexibility index (Phi) is 4.83. The Hall–Kier alpha value is -3.41. The van der Waals surface area contributed by atoms with Gasteiger partial charge in [-0.1, -0.05) is 48.5 Å². The number of unbranched alkanes of at least 4 members (excludes halogenated alkanes) is 1. The highest BCUT2D eigenvalue weighted by atomic mass is 16.2. The van der Waals surface area contributed by atoms with Gasteiger partial charge >= 0.3 is 0 Å². The summed E-state index contributed by atoms with van der Waals surface area (Å²) in [6.45, 7) is 1.53. The molecule has 1 amide bonds. The Bertz CT molecular complexity index is 1200. The van der Waals surface area contributed by atoms with E-state index in [0.717, 1.165) is 47.7 Å². The van der Waals surface area contributed by atoms with Crippen LogP contribution >= 0.6 is 0 Å². The van der Waals surface area contributed by atoms with Gasteiger partial charge in [-0.05, 0) is 36.8 Å². The van der Waals surface area contributed by atoms with Crippen LogP contribution in [0.3, 0.4) is 0 Å². The highest BCUT2D eigenvalue weighted by Gasteiger charge is 2.43. The molecular formula is C24H25N5O. The molecule has 2 aromatic carbocycles. The standard InChI is InChI=1S/C24H25N5O/c25-23-21-22(17-10-4-5-11-20(17)28-23)29(15-27-21)13-7-6-12-26-24(30)19-14-18(19)16-8-2-1-3-9-16/h1-5,8-11,15,18-19H,6-7,12-14H2,(H2,25,28)(H,26,30)/t18-,19+/m0/s1. The van der Waals surface area contributed by atoms with E-state index in [9.17, 15) is 4.79 Å². The zero-order chi connectivity index (χ0) is 20.5. The van der Waals surface area contributed by atoms with E-state index in [1.807, 2.05) is 42.7 Å². The topological polar surface area (TPSA) is 85.8 Å². The Morgan fingerprint density at radius 2 is 1.90 bits per heavy atom. The molecule has 0 aliphatic heterocycles. The molecule has 0 unspecified atom stereocenters. The number of carbonyl (C=O) groups is 1. The molecule has 0 spiro atoms. The van der Waals surface area contributed by atoms with Crippen molar-refractivity contribution in [2.75, 3.05) is 12.3 Å². The number of nitrogens with zero attached hydrogens (tertiary/aromatic N) is 3. The molecule has 30 heavy (non-hydrogen) atoms.